The number of aryl methyl sites for hydroxylation is 1. The third-order valence-electron chi connectivity index (χ3n) is 4.61. The van der Waals surface area contributed by atoms with Gasteiger partial charge in [-0.25, -0.2) is 0 Å². The number of nitrogens with one attached hydrogen (secondary N) is 1. The lowest BCUT2D eigenvalue weighted by Gasteiger charge is -2.38. The van der Waals surface area contributed by atoms with Crippen molar-refractivity contribution in [2.24, 2.45) is 0 Å². The maximum atomic E-state index is 3.47. The van der Waals surface area contributed by atoms with Gasteiger partial charge < -0.3 is 5.32 Å². The van der Waals surface area contributed by atoms with Crippen LogP contribution >= 0.6 is 0 Å². The van der Waals surface area contributed by atoms with Gasteiger partial charge in [0.1, 0.15) is 0 Å². The van der Waals surface area contributed by atoms with Crippen molar-refractivity contribution in [2.75, 3.05) is 39.3 Å². The quantitative estimate of drug-likeness (QED) is 0.887. The predicted molar refractivity (Wildman–Crippen MR) is 79.3 cm³/mol. The van der Waals surface area contributed by atoms with Gasteiger partial charge in [0.25, 0.3) is 0 Å². The molecule has 0 bridgehead atoms. The van der Waals surface area contributed by atoms with Gasteiger partial charge in [-0.2, -0.15) is 0 Å². The van der Waals surface area contributed by atoms with Crippen molar-refractivity contribution in [1.82, 2.24) is 15.1 Å². The van der Waals surface area contributed by atoms with Crippen LogP contribution in [0.15, 0.2) is 24.3 Å². The fraction of sp³-hybridized carbons (Fsp3) is 0.625. The normalized spacial score (nSPS) is 25.8. The van der Waals surface area contributed by atoms with Crippen LogP contribution in [0.25, 0.3) is 0 Å². The van der Waals surface area contributed by atoms with Crippen molar-refractivity contribution in [1.29, 1.82) is 0 Å². The molecule has 2 heterocycles. The number of rotatable bonds is 3. The van der Waals surface area contributed by atoms with E-state index in [1.165, 1.54) is 56.8 Å². The Morgan fingerprint density at radius 2 is 1.95 bits per heavy atom. The van der Waals surface area contributed by atoms with Gasteiger partial charge >= 0.3 is 0 Å². The van der Waals surface area contributed by atoms with Crippen LogP contribution in [0.4, 0.5) is 0 Å². The zero-order chi connectivity index (χ0) is 13.1. The zero-order valence-corrected chi connectivity index (χ0v) is 11.9. The maximum Gasteiger partial charge on any atom is 0.0237 e. The molecule has 1 unspecified atom stereocenters. The van der Waals surface area contributed by atoms with Crippen LogP contribution in [0.5, 0.6) is 0 Å². The second kappa shape index (κ2) is 6.04. The molecule has 2 aliphatic rings. The van der Waals surface area contributed by atoms with E-state index in [1.54, 1.807) is 0 Å². The molecule has 1 atom stereocenters. The Hall–Kier alpha value is -0.900. The van der Waals surface area contributed by atoms with Gasteiger partial charge in [-0.15, -0.1) is 0 Å². The SMILES string of the molecule is Cc1ccccc1CN1CCN(C2CCNC2)CC1. The Labute approximate surface area is 116 Å². The van der Waals surface area contributed by atoms with Crippen molar-refractivity contribution in [3.63, 3.8) is 0 Å². The molecule has 3 rings (SSSR count). The summed E-state index contributed by atoms with van der Waals surface area (Å²) in [4.78, 5) is 5.27. The molecule has 1 aromatic rings. The minimum Gasteiger partial charge on any atom is -0.315 e. The van der Waals surface area contributed by atoms with Gasteiger partial charge in [0, 0.05) is 45.3 Å². The summed E-state index contributed by atoms with van der Waals surface area (Å²) in [5.41, 5.74) is 2.91. The lowest BCUT2D eigenvalue weighted by atomic mass is 10.1. The minimum absolute atomic E-state index is 0.792. The Morgan fingerprint density at radius 3 is 2.63 bits per heavy atom. The highest BCUT2D eigenvalue weighted by atomic mass is 15.3. The molecule has 2 fully saturated rings. The monoisotopic (exact) mass is 259 g/mol. The number of benzene rings is 1. The molecule has 0 amide bonds. The molecule has 3 heteroatoms. The summed E-state index contributed by atoms with van der Waals surface area (Å²) in [5.74, 6) is 0. The van der Waals surface area contributed by atoms with Crippen LogP contribution in [0, 0.1) is 6.92 Å². The summed E-state index contributed by atoms with van der Waals surface area (Å²) >= 11 is 0. The van der Waals surface area contributed by atoms with Crippen LogP contribution in [0.3, 0.4) is 0 Å². The van der Waals surface area contributed by atoms with E-state index in [-0.39, 0.29) is 0 Å². The molecule has 19 heavy (non-hydrogen) atoms. The molecule has 0 aliphatic carbocycles. The first-order valence-corrected chi connectivity index (χ1v) is 7.54. The van der Waals surface area contributed by atoms with Crippen LogP contribution in [0.1, 0.15) is 17.5 Å². The van der Waals surface area contributed by atoms with Crippen molar-refractivity contribution in [3.05, 3.63) is 35.4 Å². The van der Waals surface area contributed by atoms with E-state index in [4.69, 9.17) is 0 Å². The molecule has 1 aromatic carbocycles. The number of nitrogens with zero attached hydrogens (tertiary/aromatic N) is 2. The Balaban J connectivity index is 1.51. The highest BCUT2D eigenvalue weighted by Crippen LogP contribution is 2.15. The first-order chi connectivity index (χ1) is 9.33. The molecule has 0 radical (unpaired) electrons. The van der Waals surface area contributed by atoms with Gasteiger partial charge in [0.05, 0.1) is 0 Å². The van der Waals surface area contributed by atoms with E-state index < -0.39 is 0 Å². The van der Waals surface area contributed by atoms with Gasteiger partial charge in [-0.3, -0.25) is 9.80 Å². The van der Waals surface area contributed by atoms with Crippen LogP contribution < -0.4 is 5.32 Å². The molecule has 2 saturated heterocycles. The highest BCUT2D eigenvalue weighted by molar-refractivity contribution is 5.25. The van der Waals surface area contributed by atoms with Gasteiger partial charge in [-0.05, 0) is 31.0 Å². The van der Waals surface area contributed by atoms with Gasteiger partial charge in [-0.1, -0.05) is 24.3 Å². The Morgan fingerprint density at radius 1 is 1.16 bits per heavy atom. The summed E-state index contributed by atoms with van der Waals surface area (Å²) < 4.78 is 0. The first kappa shape index (κ1) is 13.1. The second-order valence-electron chi connectivity index (χ2n) is 5.89. The molecular weight excluding hydrogens is 234 g/mol. The lowest BCUT2D eigenvalue weighted by molar-refractivity contribution is 0.0980. The summed E-state index contributed by atoms with van der Waals surface area (Å²) in [6.07, 6.45) is 1.33. The standard InChI is InChI=1S/C16H25N3/c1-14-4-2-3-5-15(14)13-18-8-10-19(11-9-18)16-6-7-17-12-16/h2-5,16-17H,6-13H2,1H3. The molecule has 3 nitrogen and oxygen atoms in total. The predicted octanol–water partition coefficient (Wildman–Crippen LogP) is 1.47. The summed E-state index contributed by atoms with van der Waals surface area (Å²) in [6, 6.07) is 9.56. The highest BCUT2D eigenvalue weighted by Gasteiger charge is 2.25. The molecule has 0 aromatic heterocycles. The molecule has 0 saturated carbocycles. The summed E-state index contributed by atoms with van der Waals surface area (Å²) in [7, 11) is 0. The van der Waals surface area contributed by atoms with Crippen LogP contribution in [0.2, 0.25) is 0 Å². The van der Waals surface area contributed by atoms with E-state index >= 15 is 0 Å². The fourth-order valence-corrected chi connectivity index (χ4v) is 3.27. The number of hydrogen-bond acceptors (Lipinski definition) is 3. The molecular formula is C16H25N3. The second-order valence-corrected chi connectivity index (χ2v) is 5.89. The number of hydrogen-bond donors (Lipinski definition) is 1. The van der Waals surface area contributed by atoms with E-state index in [0.29, 0.717) is 0 Å². The molecule has 0 spiro atoms. The van der Waals surface area contributed by atoms with Crippen molar-refractivity contribution < 1.29 is 0 Å². The average Bonchev–Trinajstić information content (AvgIpc) is 2.96. The van der Waals surface area contributed by atoms with Crippen LogP contribution in [-0.2, 0) is 6.54 Å². The van der Waals surface area contributed by atoms with Crippen molar-refractivity contribution >= 4 is 0 Å². The lowest BCUT2D eigenvalue weighted by Crippen LogP contribution is -2.50. The topological polar surface area (TPSA) is 18.5 Å². The summed E-state index contributed by atoms with van der Waals surface area (Å²) in [5, 5.41) is 3.47. The Kier molecular flexibility index (Phi) is 4.16. The maximum absolute atomic E-state index is 3.47. The molecule has 104 valence electrons. The van der Waals surface area contributed by atoms with E-state index in [9.17, 15) is 0 Å². The first-order valence-electron chi connectivity index (χ1n) is 7.54. The Bertz CT molecular complexity index is 404. The fourth-order valence-electron chi connectivity index (χ4n) is 3.27. The summed E-state index contributed by atoms with van der Waals surface area (Å²) in [6.45, 7) is 10.6. The molecule has 1 N–H and O–H groups in total. The largest absolute Gasteiger partial charge is 0.315 e. The third kappa shape index (κ3) is 3.16. The van der Waals surface area contributed by atoms with Crippen molar-refractivity contribution in [3.8, 4) is 0 Å². The van der Waals surface area contributed by atoms with Crippen molar-refractivity contribution in [2.45, 2.75) is 25.9 Å². The number of piperazine rings is 1. The molecule has 2 aliphatic heterocycles. The van der Waals surface area contributed by atoms with E-state index in [0.717, 1.165) is 12.6 Å². The average molecular weight is 259 g/mol. The van der Waals surface area contributed by atoms with E-state index in [1.807, 2.05) is 0 Å². The minimum atomic E-state index is 0.792. The van der Waals surface area contributed by atoms with Crippen LogP contribution in [-0.4, -0.2) is 55.1 Å². The smallest absolute Gasteiger partial charge is 0.0237 e. The van der Waals surface area contributed by atoms with Gasteiger partial charge in [0.15, 0.2) is 0 Å². The van der Waals surface area contributed by atoms with E-state index in [2.05, 4.69) is 46.3 Å². The zero-order valence-electron chi connectivity index (χ0n) is 11.9. The third-order valence-corrected chi connectivity index (χ3v) is 4.61. The van der Waals surface area contributed by atoms with Gasteiger partial charge in [0.2, 0.25) is 0 Å².